The van der Waals surface area contributed by atoms with E-state index in [0.717, 1.165) is 60.8 Å². The first kappa shape index (κ1) is 33.6. The molecule has 4 aliphatic heterocycles. The SMILES string of the molecule is CN1CCc2[nH]c3ccc(C(=O)N4CCC(F)(F)CC4)cc3c2C1.CN1CCc2c(c3cc(C(=O)N4CCC(F)(F)CC4)ccc3n2C)C1. The molecule has 0 saturated carbocycles. The van der Waals surface area contributed by atoms with Crippen molar-refractivity contribution in [1.29, 1.82) is 0 Å². The van der Waals surface area contributed by atoms with Gasteiger partial charge in [0.05, 0.1) is 0 Å². The largest absolute Gasteiger partial charge is 0.358 e. The van der Waals surface area contributed by atoms with E-state index in [0.29, 0.717) is 11.1 Å². The molecule has 6 heterocycles. The van der Waals surface area contributed by atoms with E-state index in [1.807, 2.05) is 30.3 Å². The second-order valence-electron chi connectivity index (χ2n) is 14.3. The minimum Gasteiger partial charge on any atom is -0.358 e. The zero-order chi connectivity index (χ0) is 34.7. The molecule has 4 aromatic rings. The van der Waals surface area contributed by atoms with Crippen LogP contribution in [0.1, 0.15) is 68.9 Å². The lowest BCUT2D eigenvalue weighted by molar-refractivity contribution is -0.0503. The van der Waals surface area contributed by atoms with Gasteiger partial charge in [-0.1, -0.05) is 0 Å². The van der Waals surface area contributed by atoms with Gasteiger partial charge in [-0.3, -0.25) is 9.59 Å². The molecule has 262 valence electrons. The number of aryl methyl sites for hydroxylation is 1. The van der Waals surface area contributed by atoms with Gasteiger partial charge in [0.25, 0.3) is 23.7 Å². The van der Waals surface area contributed by atoms with Crippen LogP contribution >= 0.6 is 0 Å². The van der Waals surface area contributed by atoms with Crippen LogP contribution in [0, 0.1) is 0 Å². The number of rotatable bonds is 2. The molecule has 4 aliphatic rings. The normalized spacial score (nSPS) is 20.9. The lowest BCUT2D eigenvalue weighted by Gasteiger charge is -2.31. The molecule has 2 aromatic carbocycles. The number of carbonyl (C=O) groups excluding carboxylic acids is 2. The van der Waals surface area contributed by atoms with E-state index in [4.69, 9.17) is 0 Å². The summed E-state index contributed by atoms with van der Waals surface area (Å²) < 4.78 is 55.5. The van der Waals surface area contributed by atoms with Crippen molar-refractivity contribution >= 4 is 33.6 Å². The molecule has 0 radical (unpaired) electrons. The Kier molecular flexibility index (Phi) is 8.75. The lowest BCUT2D eigenvalue weighted by Crippen LogP contribution is -2.42. The van der Waals surface area contributed by atoms with Crippen LogP contribution in [0.4, 0.5) is 17.6 Å². The average molecular weight is 681 g/mol. The van der Waals surface area contributed by atoms with E-state index < -0.39 is 11.8 Å². The van der Waals surface area contributed by atoms with Crippen molar-refractivity contribution in [2.24, 2.45) is 7.05 Å². The number of likely N-dealkylation sites (tertiary alicyclic amines) is 2. The second kappa shape index (κ2) is 12.8. The topological polar surface area (TPSA) is 67.8 Å². The Labute approximate surface area is 283 Å². The third-order valence-corrected chi connectivity index (χ3v) is 10.8. The van der Waals surface area contributed by atoms with Gasteiger partial charge in [0, 0.05) is 142 Å². The standard InChI is InChI=1S/C19H23F2N3O.C18H21F2N3O/c1-22-8-5-17-15(12-22)14-11-13(3-4-16(14)23(17)2)18(25)24-9-6-19(20,21)7-10-24;1-22-7-4-16-14(11-22)13-10-12(2-3-15(13)21-16)17(24)23-8-5-18(19,20)6-9-23/h3-4,11H,5-10,12H2,1-2H3;2-3,10,21H,4-9,11H2,1H3. The number of carbonyl (C=O) groups is 2. The van der Waals surface area contributed by atoms with E-state index in [9.17, 15) is 27.2 Å². The molecule has 0 bridgehead atoms. The predicted octanol–water partition coefficient (Wildman–Crippen LogP) is 6.06. The Hall–Kier alpha value is -3.90. The maximum atomic E-state index is 13.3. The molecule has 0 atom stereocenters. The van der Waals surface area contributed by atoms with Crippen LogP contribution in [0.3, 0.4) is 0 Å². The lowest BCUT2D eigenvalue weighted by atomic mass is 10.0. The van der Waals surface area contributed by atoms with Gasteiger partial charge in [-0.15, -0.1) is 0 Å². The fourth-order valence-electron chi connectivity index (χ4n) is 7.77. The number of hydrogen-bond donors (Lipinski definition) is 1. The van der Waals surface area contributed by atoms with Crippen LogP contribution in [0.15, 0.2) is 36.4 Å². The average Bonchev–Trinajstić information content (AvgIpc) is 3.57. The molecule has 2 fully saturated rings. The predicted molar refractivity (Wildman–Crippen MR) is 181 cm³/mol. The fourth-order valence-corrected chi connectivity index (χ4v) is 7.77. The molecular formula is C37H44F4N6O2. The van der Waals surface area contributed by atoms with Gasteiger partial charge < -0.3 is 29.2 Å². The number of hydrogen-bond acceptors (Lipinski definition) is 4. The fraction of sp³-hybridized carbons (Fsp3) is 0.514. The highest BCUT2D eigenvalue weighted by atomic mass is 19.3. The number of nitrogens with one attached hydrogen (secondary N) is 1. The van der Waals surface area contributed by atoms with Gasteiger partial charge in [-0.25, -0.2) is 17.6 Å². The van der Waals surface area contributed by atoms with E-state index in [-0.39, 0.29) is 63.7 Å². The second-order valence-corrected chi connectivity index (χ2v) is 14.3. The number of alkyl halides is 4. The van der Waals surface area contributed by atoms with E-state index in [2.05, 4.69) is 40.5 Å². The minimum atomic E-state index is -2.64. The molecule has 0 unspecified atom stereocenters. The number of halogens is 4. The Morgan fingerprint density at radius 2 is 1.16 bits per heavy atom. The minimum absolute atomic E-state index is 0.123. The van der Waals surface area contributed by atoms with Crippen molar-refractivity contribution in [3.8, 4) is 0 Å². The molecular weight excluding hydrogens is 636 g/mol. The van der Waals surface area contributed by atoms with Gasteiger partial charge in [0.1, 0.15) is 0 Å². The summed E-state index contributed by atoms with van der Waals surface area (Å²) in [5.41, 5.74) is 8.45. The van der Waals surface area contributed by atoms with Crippen LogP contribution in [0.25, 0.3) is 21.8 Å². The number of aromatic nitrogens is 2. The number of nitrogens with zero attached hydrogens (tertiary/aromatic N) is 5. The van der Waals surface area contributed by atoms with Gasteiger partial charge >= 0.3 is 0 Å². The maximum Gasteiger partial charge on any atom is 0.253 e. The number of H-pyrrole nitrogens is 1. The van der Waals surface area contributed by atoms with Gasteiger partial charge in [-0.05, 0) is 61.6 Å². The third kappa shape index (κ3) is 6.69. The smallest absolute Gasteiger partial charge is 0.253 e. The number of likely N-dealkylation sites (N-methyl/N-ethyl adjacent to an activating group) is 2. The number of benzene rings is 2. The molecule has 8 nitrogen and oxygen atoms in total. The summed E-state index contributed by atoms with van der Waals surface area (Å²) in [6, 6.07) is 11.4. The Balaban J connectivity index is 0.000000154. The van der Waals surface area contributed by atoms with Crippen molar-refractivity contribution in [2.45, 2.75) is 63.5 Å². The van der Waals surface area contributed by atoms with Crippen molar-refractivity contribution in [2.75, 3.05) is 53.4 Å². The summed E-state index contributed by atoms with van der Waals surface area (Å²) in [5, 5.41) is 2.18. The Bertz CT molecular complexity index is 1900. The molecule has 8 rings (SSSR count). The quantitative estimate of drug-likeness (QED) is 0.262. The van der Waals surface area contributed by atoms with Crippen LogP contribution in [-0.4, -0.2) is 106 Å². The van der Waals surface area contributed by atoms with Crippen LogP contribution in [0.5, 0.6) is 0 Å². The first-order valence-corrected chi connectivity index (χ1v) is 17.2. The van der Waals surface area contributed by atoms with Crippen molar-refractivity contribution in [1.82, 2.24) is 29.2 Å². The molecule has 2 aromatic heterocycles. The molecule has 0 aliphatic carbocycles. The van der Waals surface area contributed by atoms with Gasteiger partial charge in [-0.2, -0.15) is 0 Å². The maximum absolute atomic E-state index is 13.3. The number of piperidine rings is 2. The van der Waals surface area contributed by atoms with E-state index in [1.54, 1.807) is 15.9 Å². The first-order valence-electron chi connectivity index (χ1n) is 17.2. The number of aromatic amines is 1. The molecule has 0 spiro atoms. The Morgan fingerprint density at radius 3 is 1.76 bits per heavy atom. The molecule has 49 heavy (non-hydrogen) atoms. The van der Waals surface area contributed by atoms with Crippen LogP contribution < -0.4 is 0 Å². The monoisotopic (exact) mass is 680 g/mol. The summed E-state index contributed by atoms with van der Waals surface area (Å²) >= 11 is 0. The highest BCUT2D eigenvalue weighted by Crippen LogP contribution is 2.33. The van der Waals surface area contributed by atoms with Gasteiger partial charge in [0.2, 0.25) is 0 Å². The van der Waals surface area contributed by atoms with E-state index >= 15 is 0 Å². The highest BCUT2D eigenvalue weighted by molar-refractivity contribution is 6.00. The van der Waals surface area contributed by atoms with Crippen LogP contribution in [0.2, 0.25) is 0 Å². The number of amides is 2. The summed E-state index contributed by atoms with van der Waals surface area (Å²) in [5.74, 6) is -5.56. The molecule has 2 amide bonds. The van der Waals surface area contributed by atoms with Crippen molar-refractivity contribution in [3.05, 3.63) is 70.0 Å². The summed E-state index contributed by atoms with van der Waals surface area (Å²) in [7, 11) is 6.26. The van der Waals surface area contributed by atoms with Crippen molar-refractivity contribution < 1.29 is 27.2 Å². The summed E-state index contributed by atoms with van der Waals surface area (Å²) in [4.78, 5) is 36.5. The third-order valence-electron chi connectivity index (χ3n) is 10.8. The molecule has 12 heteroatoms. The molecule has 1 N–H and O–H groups in total. The summed E-state index contributed by atoms with van der Waals surface area (Å²) in [6.07, 6.45) is 1.00. The van der Waals surface area contributed by atoms with Crippen LogP contribution in [-0.2, 0) is 33.0 Å². The zero-order valence-corrected chi connectivity index (χ0v) is 28.4. The first-order chi connectivity index (χ1) is 23.3. The molecule has 2 saturated heterocycles. The Morgan fingerprint density at radius 1 is 0.653 bits per heavy atom. The summed E-state index contributed by atoms with van der Waals surface area (Å²) in [6.45, 7) is 4.29. The highest BCUT2D eigenvalue weighted by Gasteiger charge is 2.37. The number of fused-ring (bicyclic) bond motifs is 6. The van der Waals surface area contributed by atoms with Gasteiger partial charge in [0.15, 0.2) is 0 Å². The van der Waals surface area contributed by atoms with E-state index in [1.165, 1.54) is 22.5 Å². The zero-order valence-electron chi connectivity index (χ0n) is 28.4. The van der Waals surface area contributed by atoms with Crippen molar-refractivity contribution in [3.63, 3.8) is 0 Å².